The zero-order valence-electron chi connectivity index (χ0n) is 42.1. The maximum atomic E-state index is 13.5. The summed E-state index contributed by atoms with van der Waals surface area (Å²) >= 11 is 0. The number of H-pyrrole nitrogens is 1. The van der Waals surface area contributed by atoms with Gasteiger partial charge in [-0.15, -0.1) is 0 Å². The summed E-state index contributed by atoms with van der Waals surface area (Å²) in [5.41, 5.74) is 17.0. The summed E-state index contributed by atoms with van der Waals surface area (Å²) < 4.78 is 24.1. The van der Waals surface area contributed by atoms with E-state index in [2.05, 4.69) is 146 Å². The average molecular weight is 978 g/mol. The van der Waals surface area contributed by atoms with E-state index in [1.807, 2.05) is 17.0 Å². The highest BCUT2D eigenvalue weighted by atomic mass is 19.1. The molecule has 6 heterocycles. The third-order valence-corrected chi connectivity index (χ3v) is 14.5. The van der Waals surface area contributed by atoms with Crippen molar-refractivity contribution in [3.05, 3.63) is 196 Å². The highest BCUT2D eigenvalue weighted by molar-refractivity contribution is 5.94. The smallest absolute Gasteiger partial charge is 0.174 e. The zero-order valence-corrected chi connectivity index (χ0v) is 42.1. The van der Waals surface area contributed by atoms with Gasteiger partial charge in [-0.1, -0.05) is 126 Å². The fourth-order valence-electron chi connectivity index (χ4n) is 10.3. The summed E-state index contributed by atoms with van der Waals surface area (Å²) in [5, 5.41) is 49.1. The second kappa shape index (κ2) is 19.4. The van der Waals surface area contributed by atoms with Crippen LogP contribution in [0.4, 0.5) is 4.39 Å². The maximum absolute atomic E-state index is 13.5. The molecule has 0 atom stereocenters. The van der Waals surface area contributed by atoms with Crippen molar-refractivity contribution >= 4 is 49.9 Å². The molecule has 0 fully saturated rings. The molecule has 0 radical (unpaired) electrons. The number of aromatic hydroxyl groups is 3. The number of benzene rings is 6. The molecule has 0 saturated carbocycles. The van der Waals surface area contributed by atoms with Gasteiger partial charge in [-0.05, 0) is 87.0 Å². The Hall–Kier alpha value is -8.32. The van der Waals surface area contributed by atoms with Gasteiger partial charge in [-0.2, -0.15) is 5.10 Å². The van der Waals surface area contributed by atoms with Crippen LogP contribution in [0, 0.1) is 5.82 Å². The van der Waals surface area contributed by atoms with Crippen LogP contribution in [0.15, 0.2) is 132 Å². The number of nitrogens with zero attached hydrogens (tertiary/aromatic N) is 6. The quantitative estimate of drug-likeness (QED) is 0.109. The van der Waals surface area contributed by atoms with Crippen LogP contribution in [0.5, 0.6) is 17.2 Å². The summed E-state index contributed by atoms with van der Waals surface area (Å²) in [6, 6.07) is 27.6. The van der Waals surface area contributed by atoms with Crippen LogP contribution in [-0.2, 0) is 39.3 Å². The highest BCUT2D eigenvalue weighted by Crippen LogP contribution is 2.44. The van der Waals surface area contributed by atoms with Crippen LogP contribution in [-0.4, -0.2) is 50.5 Å². The minimum atomic E-state index is -0.234. The van der Waals surface area contributed by atoms with Gasteiger partial charge in [0.2, 0.25) is 0 Å². The van der Waals surface area contributed by atoms with E-state index in [4.69, 9.17) is 9.05 Å². The molecule has 73 heavy (non-hydrogen) atoms. The molecule has 9 aromatic rings. The van der Waals surface area contributed by atoms with Crippen molar-refractivity contribution in [3.8, 4) is 17.2 Å². The first-order chi connectivity index (χ1) is 35.1. The van der Waals surface area contributed by atoms with Gasteiger partial charge in [-0.3, -0.25) is 5.10 Å². The van der Waals surface area contributed by atoms with Crippen LogP contribution in [0.25, 0.3) is 49.9 Å². The number of phenolic OH excluding ortho intramolecular Hbond substituents is 3. The summed E-state index contributed by atoms with van der Waals surface area (Å²) in [6.07, 6.45) is 4.89. The normalized spacial score (nSPS) is 13.7. The second-order valence-corrected chi connectivity index (χ2v) is 20.2. The fraction of sp³-hybridized carbons (Fsp3) is 0.250. The van der Waals surface area contributed by atoms with Crippen LogP contribution >= 0.6 is 0 Å². The van der Waals surface area contributed by atoms with E-state index >= 15 is 0 Å². The number of phenols is 3. The Morgan fingerprint density at radius 3 is 1.32 bits per heavy atom. The van der Waals surface area contributed by atoms with Crippen molar-refractivity contribution in [2.75, 3.05) is 0 Å². The van der Waals surface area contributed by atoms with Crippen LogP contribution < -0.4 is 0 Å². The number of halogens is 1. The number of aromatic amines is 1. The van der Waals surface area contributed by atoms with Gasteiger partial charge in [0.15, 0.2) is 16.9 Å². The Morgan fingerprint density at radius 2 is 0.890 bits per heavy atom. The first-order valence-corrected chi connectivity index (χ1v) is 24.7. The molecule has 4 N–H and O–H groups in total. The molecular weight excluding hydrogens is 918 g/mol. The third-order valence-electron chi connectivity index (χ3n) is 14.5. The minimum Gasteiger partial charge on any atom is -0.506 e. The van der Waals surface area contributed by atoms with E-state index in [0.717, 1.165) is 76.3 Å². The van der Waals surface area contributed by atoms with Crippen LogP contribution in [0.3, 0.4) is 0 Å². The summed E-state index contributed by atoms with van der Waals surface area (Å²) in [5.74, 6) is 1.13. The number of hydrogen-bond donors (Lipinski definition) is 4. The van der Waals surface area contributed by atoms with Crippen molar-refractivity contribution in [1.82, 2.24) is 35.2 Å². The van der Waals surface area contributed by atoms with E-state index in [0.29, 0.717) is 57.7 Å². The lowest BCUT2D eigenvalue weighted by Gasteiger charge is -2.23. The first-order valence-electron chi connectivity index (χ1n) is 24.7. The molecule has 0 aliphatic carbocycles. The fourth-order valence-corrected chi connectivity index (χ4v) is 10.3. The Balaban J connectivity index is 0.000000126. The lowest BCUT2D eigenvalue weighted by Crippen LogP contribution is -2.14. The topological polar surface area (TPSA) is 151 Å². The summed E-state index contributed by atoms with van der Waals surface area (Å²) in [4.78, 5) is 6.46. The van der Waals surface area contributed by atoms with Gasteiger partial charge >= 0.3 is 0 Å². The van der Waals surface area contributed by atoms with Crippen molar-refractivity contribution in [3.63, 3.8) is 0 Å². The SMILES string of the molecule is C=C(c1cc(C(C)C)c2cn[nH]c2c1O)N1Cc2ccccc2C1.C=C(c1cc(C(C)C)c2oncc2c1O)N1Cc2ccc(F)cc2C1.C=C(c1cc(C(C)C)c2oncc2c1O)N1Cc2ccccc2C1. The number of rotatable bonds is 9. The molecule has 12 rings (SSSR count). The second-order valence-electron chi connectivity index (χ2n) is 20.2. The summed E-state index contributed by atoms with van der Waals surface area (Å²) in [7, 11) is 0. The van der Waals surface area contributed by atoms with E-state index in [-0.39, 0.29) is 34.9 Å². The third kappa shape index (κ3) is 8.93. The Bertz CT molecular complexity index is 3420. The highest BCUT2D eigenvalue weighted by Gasteiger charge is 2.28. The molecule has 3 aromatic heterocycles. The van der Waals surface area contributed by atoms with Crippen LogP contribution in [0.1, 0.15) is 126 Å². The zero-order chi connectivity index (χ0) is 51.4. The predicted octanol–water partition coefficient (Wildman–Crippen LogP) is 13.8. The molecular formula is C60H60FN7O5. The molecule has 0 saturated heterocycles. The van der Waals surface area contributed by atoms with Crippen LogP contribution in [0.2, 0.25) is 0 Å². The van der Waals surface area contributed by atoms with Crippen molar-refractivity contribution in [1.29, 1.82) is 0 Å². The summed E-state index contributed by atoms with van der Waals surface area (Å²) in [6.45, 7) is 29.9. The lowest BCUT2D eigenvalue weighted by atomic mass is 9.95. The molecule has 13 heteroatoms. The maximum Gasteiger partial charge on any atom is 0.174 e. The molecule has 0 amide bonds. The number of hydrogen-bond acceptors (Lipinski definition) is 11. The molecule has 0 spiro atoms. The van der Waals surface area contributed by atoms with E-state index in [1.54, 1.807) is 24.5 Å². The van der Waals surface area contributed by atoms with Crippen molar-refractivity contribution < 1.29 is 28.8 Å². The Kier molecular flexibility index (Phi) is 12.8. The Labute approximate surface area is 424 Å². The average Bonchev–Trinajstić information content (AvgIpc) is 4.24. The standard InChI is InChI=1S/C20H19FN2O2.C20H21N3O.C20H20N2O2/c1-11(2)16-7-17(19(24)18-8-22-25-20(16)18)12(3)23-9-13-4-5-15(21)6-14(13)10-23;1-12(2)16-8-17(20(24)19-18(16)9-21-22-19)13(3)23-10-14-6-4-5-7-15(14)11-23;1-12(2)16-8-17(19(23)18-9-21-24-20(16)18)13(3)22-10-14-6-4-5-7-15(14)11-22/h4-8,11,24H,3,9-10H2,1-2H3;4-9,12,24H,3,10-11H2,1-2H3,(H,21,22);4-9,12,23H,3,10-11H2,1-2H3. The first kappa shape index (κ1) is 48.3. The largest absolute Gasteiger partial charge is 0.506 e. The molecule has 6 aromatic carbocycles. The van der Waals surface area contributed by atoms with Crippen molar-refractivity contribution in [2.24, 2.45) is 0 Å². The van der Waals surface area contributed by atoms with Gasteiger partial charge < -0.3 is 39.1 Å². The molecule has 0 bridgehead atoms. The number of aromatic nitrogens is 4. The molecule has 3 aliphatic rings. The van der Waals surface area contributed by atoms with Gasteiger partial charge in [0.25, 0.3) is 0 Å². The lowest BCUT2D eigenvalue weighted by molar-refractivity contribution is 0.417. The van der Waals surface area contributed by atoms with Gasteiger partial charge in [0, 0.05) is 89.6 Å². The monoisotopic (exact) mass is 977 g/mol. The number of nitrogens with one attached hydrogen (secondary N) is 1. The van der Waals surface area contributed by atoms with Gasteiger partial charge in [0.1, 0.15) is 22.8 Å². The predicted molar refractivity (Wildman–Crippen MR) is 286 cm³/mol. The van der Waals surface area contributed by atoms with E-state index in [1.165, 1.54) is 40.1 Å². The minimum absolute atomic E-state index is 0.118. The van der Waals surface area contributed by atoms with Gasteiger partial charge in [0.05, 0.1) is 29.4 Å². The van der Waals surface area contributed by atoms with E-state index in [9.17, 15) is 19.7 Å². The molecule has 0 unspecified atom stereocenters. The molecule has 372 valence electrons. The molecule has 3 aliphatic heterocycles. The Morgan fingerprint density at radius 1 is 0.507 bits per heavy atom. The molecule has 12 nitrogen and oxygen atoms in total. The van der Waals surface area contributed by atoms with Crippen molar-refractivity contribution in [2.45, 2.75) is 98.6 Å². The number of fused-ring (bicyclic) bond motifs is 6. The van der Waals surface area contributed by atoms with Gasteiger partial charge in [-0.25, -0.2) is 4.39 Å². The van der Waals surface area contributed by atoms with E-state index < -0.39 is 0 Å².